The SMILES string of the molecule is Cc1ccc(C(=O)NCCNc2cc(Nc3ccccn3)ncn2)cc1C. The third-order valence-corrected chi connectivity index (χ3v) is 4.07. The minimum atomic E-state index is -0.0832. The normalized spacial score (nSPS) is 10.3. The number of nitrogens with zero attached hydrogens (tertiary/aromatic N) is 3. The standard InChI is InChI=1S/C20H22N6O/c1-14-6-7-16(11-15(14)2)20(27)23-10-9-22-18-12-19(25-13-24-18)26-17-5-3-4-8-21-17/h3-8,11-13H,9-10H2,1-2H3,(H,23,27)(H2,21,22,24,25,26). The van der Waals surface area contributed by atoms with Gasteiger partial charge in [-0.1, -0.05) is 12.1 Å². The molecule has 0 radical (unpaired) electrons. The maximum Gasteiger partial charge on any atom is 0.251 e. The zero-order valence-electron chi connectivity index (χ0n) is 15.4. The first-order chi connectivity index (χ1) is 13.1. The summed E-state index contributed by atoms with van der Waals surface area (Å²) in [6.45, 7) is 5.06. The summed E-state index contributed by atoms with van der Waals surface area (Å²) in [5, 5.41) is 9.18. The highest BCUT2D eigenvalue weighted by atomic mass is 16.1. The van der Waals surface area contributed by atoms with Crippen LogP contribution in [-0.2, 0) is 0 Å². The lowest BCUT2D eigenvalue weighted by Crippen LogP contribution is -2.29. The molecule has 0 fully saturated rings. The lowest BCUT2D eigenvalue weighted by atomic mass is 10.1. The zero-order chi connectivity index (χ0) is 19.1. The lowest BCUT2D eigenvalue weighted by molar-refractivity contribution is 0.0955. The number of carbonyl (C=O) groups is 1. The van der Waals surface area contributed by atoms with Crippen LogP contribution in [0.2, 0.25) is 0 Å². The average Bonchev–Trinajstić information content (AvgIpc) is 2.68. The molecular weight excluding hydrogens is 340 g/mol. The third kappa shape index (κ3) is 5.24. The maximum absolute atomic E-state index is 12.2. The Labute approximate surface area is 158 Å². The largest absolute Gasteiger partial charge is 0.368 e. The maximum atomic E-state index is 12.2. The number of hydrogen-bond acceptors (Lipinski definition) is 6. The molecule has 0 aliphatic heterocycles. The molecule has 27 heavy (non-hydrogen) atoms. The van der Waals surface area contributed by atoms with E-state index in [-0.39, 0.29) is 5.91 Å². The Morgan fingerprint density at radius 1 is 0.889 bits per heavy atom. The van der Waals surface area contributed by atoms with Crippen molar-refractivity contribution in [1.82, 2.24) is 20.3 Å². The van der Waals surface area contributed by atoms with E-state index in [0.29, 0.717) is 36.1 Å². The molecule has 138 valence electrons. The van der Waals surface area contributed by atoms with Crippen LogP contribution in [0.3, 0.4) is 0 Å². The van der Waals surface area contributed by atoms with Crippen molar-refractivity contribution in [1.29, 1.82) is 0 Å². The van der Waals surface area contributed by atoms with Gasteiger partial charge in [-0.3, -0.25) is 4.79 Å². The molecule has 3 N–H and O–H groups in total. The number of pyridine rings is 1. The molecule has 0 aliphatic carbocycles. The van der Waals surface area contributed by atoms with Gasteiger partial charge in [-0.25, -0.2) is 15.0 Å². The van der Waals surface area contributed by atoms with Gasteiger partial charge < -0.3 is 16.0 Å². The molecule has 0 unspecified atom stereocenters. The van der Waals surface area contributed by atoms with E-state index >= 15 is 0 Å². The van der Waals surface area contributed by atoms with Crippen molar-refractivity contribution in [2.45, 2.75) is 13.8 Å². The van der Waals surface area contributed by atoms with Crippen LogP contribution in [0.4, 0.5) is 17.5 Å². The Kier molecular flexibility index (Phi) is 5.94. The lowest BCUT2D eigenvalue weighted by Gasteiger charge is -2.10. The van der Waals surface area contributed by atoms with Crippen LogP contribution in [0, 0.1) is 13.8 Å². The molecule has 2 aromatic heterocycles. The number of hydrogen-bond donors (Lipinski definition) is 3. The summed E-state index contributed by atoms with van der Waals surface area (Å²) in [4.78, 5) is 24.8. The van der Waals surface area contributed by atoms with Gasteiger partial charge in [0.15, 0.2) is 0 Å². The Hall–Kier alpha value is -3.48. The number of carbonyl (C=O) groups excluding carboxylic acids is 1. The number of anilines is 3. The van der Waals surface area contributed by atoms with Crippen molar-refractivity contribution in [2.24, 2.45) is 0 Å². The van der Waals surface area contributed by atoms with Crippen molar-refractivity contribution < 1.29 is 4.79 Å². The Balaban J connectivity index is 1.48. The van der Waals surface area contributed by atoms with Gasteiger partial charge in [0.05, 0.1) is 0 Å². The summed E-state index contributed by atoms with van der Waals surface area (Å²) in [5.41, 5.74) is 2.95. The van der Waals surface area contributed by atoms with E-state index in [1.807, 2.05) is 50.2 Å². The van der Waals surface area contributed by atoms with Crippen LogP contribution < -0.4 is 16.0 Å². The van der Waals surface area contributed by atoms with Gasteiger partial charge in [0.1, 0.15) is 23.8 Å². The molecule has 3 rings (SSSR count). The highest BCUT2D eigenvalue weighted by Crippen LogP contribution is 2.13. The molecule has 7 heteroatoms. The van der Waals surface area contributed by atoms with Gasteiger partial charge in [0.2, 0.25) is 0 Å². The second kappa shape index (κ2) is 8.75. The van der Waals surface area contributed by atoms with E-state index in [9.17, 15) is 4.79 Å². The van der Waals surface area contributed by atoms with Crippen LogP contribution >= 0.6 is 0 Å². The Morgan fingerprint density at radius 3 is 2.52 bits per heavy atom. The van der Waals surface area contributed by atoms with Crippen molar-refractivity contribution in [3.63, 3.8) is 0 Å². The molecule has 1 amide bonds. The molecule has 0 spiro atoms. The quantitative estimate of drug-likeness (QED) is 0.560. The van der Waals surface area contributed by atoms with Crippen LogP contribution in [0.15, 0.2) is 55.0 Å². The first kappa shape index (κ1) is 18.3. The van der Waals surface area contributed by atoms with Crippen molar-refractivity contribution in [3.8, 4) is 0 Å². The minimum absolute atomic E-state index is 0.0832. The molecule has 1 aromatic carbocycles. The zero-order valence-corrected chi connectivity index (χ0v) is 15.4. The summed E-state index contributed by atoms with van der Waals surface area (Å²) >= 11 is 0. The predicted molar refractivity (Wildman–Crippen MR) is 106 cm³/mol. The smallest absolute Gasteiger partial charge is 0.251 e. The second-order valence-corrected chi connectivity index (χ2v) is 6.11. The molecule has 0 bridgehead atoms. The number of benzene rings is 1. The first-order valence-electron chi connectivity index (χ1n) is 8.71. The summed E-state index contributed by atoms with van der Waals surface area (Å²) < 4.78 is 0. The number of aryl methyl sites for hydroxylation is 2. The predicted octanol–water partition coefficient (Wildman–Crippen LogP) is 3.07. The first-order valence-corrected chi connectivity index (χ1v) is 8.71. The van der Waals surface area contributed by atoms with Gasteiger partial charge in [-0.15, -0.1) is 0 Å². The minimum Gasteiger partial charge on any atom is -0.368 e. The topological polar surface area (TPSA) is 91.8 Å². The van der Waals surface area contributed by atoms with Gasteiger partial charge >= 0.3 is 0 Å². The van der Waals surface area contributed by atoms with E-state index in [1.54, 1.807) is 12.3 Å². The molecule has 7 nitrogen and oxygen atoms in total. The van der Waals surface area contributed by atoms with E-state index < -0.39 is 0 Å². The molecule has 3 aromatic rings. The molecule has 2 heterocycles. The van der Waals surface area contributed by atoms with E-state index in [1.165, 1.54) is 11.9 Å². The second-order valence-electron chi connectivity index (χ2n) is 6.11. The van der Waals surface area contributed by atoms with Crippen LogP contribution in [-0.4, -0.2) is 33.9 Å². The summed E-state index contributed by atoms with van der Waals surface area (Å²) in [5.74, 6) is 1.94. The van der Waals surface area contributed by atoms with Crippen LogP contribution in [0.1, 0.15) is 21.5 Å². The van der Waals surface area contributed by atoms with Crippen molar-refractivity contribution in [3.05, 3.63) is 71.7 Å². The highest BCUT2D eigenvalue weighted by molar-refractivity contribution is 5.94. The monoisotopic (exact) mass is 362 g/mol. The molecule has 0 aliphatic rings. The van der Waals surface area contributed by atoms with Gasteiger partial charge in [-0.2, -0.15) is 0 Å². The fourth-order valence-electron chi connectivity index (χ4n) is 2.44. The average molecular weight is 362 g/mol. The number of amides is 1. The fraction of sp³-hybridized carbons (Fsp3) is 0.200. The highest BCUT2D eigenvalue weighted by Gasteiger charge is 2.06. The fourth-order valence-corrected chi connectivity index (χ4v) is 2.44. The van der Waals surface area contributed by atoms with Crippen LogP contribution in [0.5, 0.6) is 0 Å². The number of nitrogens with one attached hydrogen (secondary N) is 3. The van der Waals surface area contributed by atoms with E-state index in [2.05, 4.69) is 30.9 Å². The van der Waals surface area contributed by atoms with Gasteiger partial charge in [-0.05, 0) is 49.2 Å². The molecular formula is C20H22N6O. The van der Waals surface area contributed by atoms with E-state index in [4.69, 9.17) is 0 Å². The Bertz CT molecular complexity index is 913. The number of aromatic nitrogens is 3. The Morgan fingerprint density at radius 2 is 1.74 bits per heavy atom. The van der Waals surface area contributed by atoms with Gasteiger partial charge in [0, 0.05) is 30.9 Å². The molecule has 0 saturated carbocycles. The third-order valence-electron chi connectivity index (χ3n) is 4.07. The summed E-state index contributed by atoms with van der Waals surface area (Å²) in [7, 11) is 0. The van der Waals surface area contributed by atoms with E-state index in [0.717, 1.165) is 5.56 Å². The molecule has 0 atom stereocenters. The van der Waals surface area contributed by atoms with Crippen molar-refractivity contribution in [2.75, 3.05) is 23.7 Å². The van der Waals surface area contributed by atoms with Crippen molar-refractivity contribution >= 4 is 23.4 Å². The summed E-state index contributed by atoms with van der Waals surface area (Å²) in [6, 6.07) is 13.1. The van der Waals surface area contributed by atoms with Gasteiger partial charge in [0.25, 0.3) is 5.91 Å². The molecule has 0 saturated heterocycles. The number of rotatable bonds is 7. The van der Waals surface area contributed by atoms with Crippen LogP contribution in [0.25, 0.3) is 0 Å². The summed E-state index contributed by atoms with van der Waals surface area (Å²) in [6.07, 6.45) is 3.18.